The van der Waals surface area contributed by atoms with E-state index < -0.39 is 6.04 Å². The topological polar surface area (TPSA) is 46.3 Å². The molecule has 2 N–H and O–H groups in total. The molecule has 1 heterocycles. The molecule has 1 aliphatic heterocycles. The van der Waals surface area contributed by atoms with Crippen molar-refractivity contribution in [1.29, 1.82) is 0 Å². The fourth-order valence-corrected chi connectivity index (χ4v) is 3.07. The molecule has 2 rings (SSSR count). The summed E-state index contributed by atoms with van der Waals surface area (Å²) in [5.41, 5.74) is 7.07. The molecule has 0 spiro atoms. The fraction of sp³-hybridized carbons (Fsp3) is 0.500. The molecule has 98 valence electrons. The third-order valence-electron chi connectivity index (χ3n) is 3.54. The third-order valence-corrected chi connectivity index (χ3v) is 4.58. The zero-order chi connectivity index (χ0) is 13.1. The number of nitrogens with zero attached hydrogens (tertiary/aromatic N) is 1. The second kappa shape index (κ2) is 5.76. The van der Waals surface area contributed by atoms with E-state index in [-0.39, 0.29) is 11.8 Å². The van der Waals surface area contributed by atoms with Crippen LogP contribution in [0.2, 0.25) is 0 Å². The summed E-state index contributed by atoms with van der Waals surface area (Å²) in [7, 11) is 0. The average molecular weight is 264 g/mol. The minimum absolute atomic E-state index is 0.0529. The number of hydrogen-bond acceptors (Lipinski definition) is 3. The minimum Gasteiger partial charge on any atom is -0.320 e. The van der Waals surface area contributed by atoms with Gasteiger partial charge in [-0.15, -0.1) is 11.8 Å². The van der Waals surface area contributed by atoms with Gasteiger partial charge in [-0.25, -0.2) is 0 Å². The predicted octanol–water partition coefficient (Wildman–Crippen LogP) is 2.50. The molecule has 4 heteroatoms. The van der Waals surface area contributed by atoms with Gasteiger partial charge in [0.2, 0.25) is 5.91 Å². The van der Waals surface area contributed by atoms with E-state index >= 15 is 0 Å². The van der Waals surface area contributed by atoms with Gasteiger partial charge in [0.25, 0.3) is 0 Å². The number of anilines is 1. The SMILES string of the molecule is CCC(C)[C@H](N)C(=O)N1CCSc2ccccc21. The molecule has 0 radical (unpaired) electrons. The van der Waals surface area contributed by atoms with Gasteiger partial charge in [-0.1, -0.05) is 32.4 Å². The molecule has 1 unspecified atom stereocenters. The van der Waals surface area contributed by atoms with E-state index in [0.29, 0.717) is 0 Å². The third kappa shape index (κ3) is 2.54. The maximum atomic E-state index is 12.5. The summed E-state index contributed by atoms with van der Waals surface area (Å²) in [5.74, 6) is 1.21. The van der Waals surface area contributed by atoms with Crippen LogP contribution >= 0.6 is 11.8 Å². The molecular weight excluding hydrogens is 244 g/mol. The van der Waals surface area contributed by atoms with Crippen molar-refractivity contribution in [2.24, 2.45) is 11.7 Å². The summed E-state index contributed by atoms with van der Waals surface area (Å²) in [5, 5.41) is 0. The van der Waals surface area contributed by atoms with Crippen LogP contribution < -0.4 is 10.6 Å². The molecule has 0 fully saturated rings. The van der Waals surface area contributed by atoms with Crippen molar-refractivity contribution >= 4 is 23.4 Å². The van der Waals surface area contributed by atoms with Crippen LogP contribution in [0.15, 0.2) is 29.2 Å². The van der Waals surface area contributed by atoms with Crippen molar-refractivity contribution in [1.82, 2.24) is 0 Å². The summed E-state index contributed by atoms with van der Waals surface area (Å²) < 4.78 is 0. The summed E-state index contributed by atoms with van der Waals surface area (Å²) in [6.07, 6.45) is 0.928. The van der Waals surface area contributed by atoms with Crippen LogP contribution in [0, 0.1) is 5.92 Å². The van der Waals surface area contributed by atoms with Crippen molar-refractivity contribution < 1.29 is 4.79 Å². The molecule has 1 aromatic carbocycles. The van der Waals surface area contributed by atoms with Crippen LogP contribution in [0.3, 0.4) is 0 Å². The van der Waals surface area contributed by atoms with Gasteiger partial charge < -0.3 is 10.6 Å². The standard InChI is InChI=1S/C14H20N2OS/c1-3-10(2)13(15)14(17)16-8-9-18-12-7-5-4-6-11(12)16/h4-7,10,13H,3,8-9,15H2,1-2H3/t10?,13-/m0/s1. The van der Waals surface area contributed by atoms with Crippen LogP contribution in [0.4, 0.5) is 5.69 Å². The molecule has 0 saturated carbocycles. The minimum atomic E-state index is -0.397. The number of hydrogen-bond donors (Lipinski definition) is 1. The molecule has 0 aliphatic carbocycles. The zero-order valence-electron chi connectivity index (χ0n) is 10.9. The monoisotopic (exact) mass is 264 g/mol. The lowest BCUT2D eigenvalue weighted by molar-refractivity contribution is -0.120. The van der Waals surface area contributed by atoms with Crippen molar-refractivity contribution in [2.75, 3.05) is 17.2 Å². The van der Waals surface area contributed by atoms with Gasteiger partial charge in [0.05, 0.1) is 11.7 Å². The Balaban J connectivity index is 2.22. The lowest BCUT2D eigenvalue weighted by Gasteiger charge is -2.32. The second-order valence-corrected chi connectivity index (χ2v) is 5.85. The Labute approximate surface area is 113 Å². The van der Waals surface area contributed by atoms with Crippen LogP contribution in [-0.2, 0) is 4.79 Å². The van der Waals surface area contributed by atoms with E-state index in [9.17, 15) is 4.79 Å². The first-order valence-corrected chi connectivity index (χ1v) is 7.42. The average Bonchev–Trinajstić information content (AvgIpc) is 2.44. The first kappa shape index (κ1) is 13.4. The van der Waals surface area contributed by atoms with Crippen molar-refractivity contribution in [2.45, 2.75) is 31.2 Å². The number of carbonyl (C=O) groups is 1. The highest BCUT2D eigenvalue weighted by Gasteiger charge is 2.28. The van der Waals surface area contributed by atoms with Crippen LogP contribution in [0.5, 0.6) is 0 Å². The molecule has 0 saturated heterocycles. The van der Waals surface area contributed by atoms with Crippen LogP contribution in [-0.4, -0.2) is 24.2 Å². The van der Waals surface area contributed by atoms with E-state index in [0.717, 1.165) is 24.4 Å². The molecule has 18 heavy (non-hydrogen) atoms. The van der Waals surface area contributed by atoms with Crippen molar-refractivity contribution in [3.63, 3.8) is 0 Å². The Bertz CT molecular complexity index is 436. The lowest BCUT2D eigenvalue weighted by atomic mass is 9.98. The Morgan fingerprint density at radius 1 is 1.50 bits per heavy atom. The highest BCUT2D eigenvalue weighted by molar-refractivity contribution is 7.99. The maximum absolute atomic E-state index is 12.5. The number of para-hydroxylation sites is 1. The number of nitrogens with two attached hydrogens (primary N) is 1. The van der Waals surface area contributed by atoms with Gasteiger partial charge in [-0.3, -0.25) is 4.79 Å². The summed E-state index contributed by atoms with van der Waals surface area (Å²) in [6, 6.07) is 7.65. The van der Waals surface area contributed by atoms with Gasteiger partial charge in [-0.05, 0) is 18.1 Å². The summed E-state index contributed by atoms with van der Waals surface area (Å²) in [6.45, 7) is 4.86. The Hall–Kier alpha value is -1.00. The van der Waals surface area contributed by atoms with E-state index in [1.165, 1.54) is 4.90 Å². The first-order chi connectivity index (χ1) is 8.65. The van der Waals surface area contributed by atoms with Gasteiger partial charge in [0.1, 0.15) is 0 Å². The molecule has 1 aromatic rings. The molecule has 2 atom stereocenters. The molecule has 1 aliphatic rings. The molecule has 3 nitrogen and oxygen atoms in total. The molecule has 0 aromatic heterocycles. The summed E-state index contributed by atoms with van der Waals surface area (Å²) >= 11 is 1.80. The van der Waals surface area contributed by atoms with E-state index in [1.54, 1.807) is 11.8 Å². The van der Waals surface area contributed by atoms with Crippen LogP contribution in [0.25, 0.3) is 0 Å². The first-order valence-electron chi connectivity index (χ1n) is 6.44. The smallest absolute Gasteiger partial charge is 0.244 e. The fourth-order valence-electron chi connectivity index (χ4n) is 2.08. The lowest BCUT2D eigenvalue weighted by Crippen LogP contribution is -2.48. The normalized spacial score (nSPS) is 18.1. The number of thioether (sulfide) groups is 1. The van der Waals surface area contributed by atoms with E-state index in [2.05, 4.69) is 13.0 Å². The molecule has 1 amide bonds. The quantitative estimate of drug-likeness (QED) is 0.912. The molecular formula is C14H20N2OS. The van der Waals surface area contributed by atoms with Crippen LogP contribution in [0.1, 0.15) is 20.3 Å². The predicted molar refractivity (Wildman–Crippen MR) is 76.9 cm³/mol. The molecule has 0 bridgehead atoms. The maximum Gasteiger partial charge on any atom is 0.244 e. The van der Waals surface area contributed by atoms with Gasteiger partial charge >= 0.3 is 0 Å². The second-order valence-electron chi connectivity index (χ2n) is 4.72. The Morgan fingerprint density at radius 3 is 2.94 bits per heavy atom. The Morgan fingerprint density at radius 2 is 2.22 bits per heavy atom. The zero-order valence-corrected chi connectivity index (χ0v) is 11.7. The van der Waals surface area contributed by atoms with Crippen molar-refractivity contribution in [3.8, 4) is 0 Å². The number of carbonyl (C=O) groups excluding carboxylic acids is 1. The number of rotatable bonds is 3. The highest BCUT2D eigenvalue weighted by atomic mass is 32.2. The van der Waals surface area contributed by atoms with Crippen molar-refractivity contribution in [3.05, 3.63) is 24.3 Å². The summed E-state index contributed by atoms with van der Waals surface area (Å²) in [4.78, 5) is 15.5. The Kier molecular flexibility index (Phi) is 4.30. The highest BCUT2D eigenvalue weighted by Crippen LogP contribution is 2.34. The van der Waals surface area contributed by atoms with Gasteiger partial charge in [-0.2, -0.15) is 0 Å². The van der Waals surface area contributed by atoms with E-state index in [4.69, 9.17) is 5.73 Å². The largest absolute Gasteiger partial charge is 0.320 e. The number of fused-ring (bicyclic) bond motifs is 1. The number of amides is 1. The van der Waals surface area contributed by atoms with Gasteiger partial charge in [0.15, 0.2) is 0 Å². The van der Waals surface area contributed by atoms with E-state index in [1.807, 2.05) is 30.0 Å². The number of benzene rings is 1. The van der Waals surface area contributed by atoms with Gasteiger partial charge in [0, 0.05) is 17.2 Å².